The van der Waals surface area contributed by atoms with E-state index in [4.69, 9.17) is 0 Å². The van der Waals surface area contributed by atoms with Crippen molar-refractivity contribution in [2.24, 2.45) is 5.92 Å². The summed E-state index contributed by atoms with van der Waals surface area (Å²) in [5, 5.41) is 3.08. The Bertz CT molecular complexity index is 298. The van der Waals surface area contributed by atoms with Crippen LogP contribution in [0.5, 0.6) is 0 Å². The van der Waals surface area contributed by atoms with Gasteiger partial charge in [-0.3, -0.25) is 0 Å². The lowest BCUT2D eigenvalue weighted by Crippen LogP contribution is -2.44. The molecule has 5 heteroatoms. The van der Waals surface area contributed by atoms with E-state index in [0.717, 1.165) is 19.4 Å². The Morgan fingerprint density at radius 3 is 2.06 bits per heavy atom. The van der Waals surface area contributed by atoms with Crippen LogP contribution in [0, 0.1) is 5.92 Å². The summed E-state index contributed by atoms with van der Waals surface area (Å²) in [7, 11) is -3.14. The molecule has 18 heavy (non-hydrogen) atoms. The summed E-state index contributed by atoms with van der Waals surface area (Å²) in [5.74, 6) is 0.559. The fourth-order valence-electron chi connectivity index (χ4n) is 2.04. The van der Waals surface area contributed by atoms with Gasteiger partial charge in [-0.1, -0.05) is 34.6 Å². The first kappa shape index (κ1) is 17.9. The highest BCUT2D eigenvalue weighted by Crippen LogP contribution is 2.16. The molecule has 0 aromatic rings. The maximum Gasteiger partial charge on any atom is 0.215 e. The topological polar surface area (TPSA) is 49.4 Å². The van der Waals surface area contributed by atoms with Crippen molar-refractivity contribution in [2.45, 2.75) is 53.5 Å². The largest absolute Gasteiger partial charge is 0.316 e. The van der Waals surface area contributed by atoms with Gasteiger partial charge in [-0.05, 0) is 25.3 Å². The molecule has 0 unspecified atom stereocenters. The van der Waals surface area contributed by atoms with E-state index in [0.29, 0.717) is 19.0 Å². The van der Waals surface area contributed by atoms with Gasteiger partial charge in [0, 0.05) is 19.1 Å². The van der Waals surface area contributed by atoms with E-state index >= 15 is 0 Å². The molecule has 0 saturated heterocycles. The molecule has 0 aliphatic carbocycles. The number of nitrogens with one attached hydrogen (secondary N) is 1. The second kappa shape index (κ2) is 8.88. The molecule has 0 heterocycles. The normalized spacial score (nSPS) is 12.9. The fraction of sp³-hybridized carbons (Fsp3) is 1.00. The van der Waals surface area contributed by atoms with Crippen LogP contribution >= 0.6 is 0 Å². The van der Waals surface area contributed by atoms with Gasteiger partial charge in [0.15, 0.2) is 0 Å². The smallest absolute Gasteiger partial charge is 0.215 e. The zero-order chi connectivity index (χ0) is 14.2. The standard InChI is InChI=1S/C13H30N2O2S/c1-6-13(7-2)15(11-12(4)5)18(16,17)10-9-14-8-3/h12-14H,6-11H2,1-5H3. The Hall–Kier alpha value is -0.130. The van der Waals surface area contributed by atoms with E-state index in [-0.39, 0.29) is 11.8 Å². The molecule has 0 fully saturated rings. The Kier molecular flexibility index (Phi) is 8.82. The Morgan fingerprint density at radius 2 is 1.67 bits per heavy atom. The zero-order valence-corrected chi connectivity index (χ0v) is 13.4. The van der Waals surface area contributed by atoms with Crippen LogP contribution in [0.3, 0.4) is 0 Å². The number of hydrogen-bond donors (Lipinski definition) is 1. The van der Waals surface area contributed by atoms with Crippen molar-refractivity contribution in [3.63, 3.8) is 0 Å². The van der Waals surface area contributed by atoms with E-state index in [1.807, 2.05) is 6.92 Å². The second-order valence-electron chi connectivity index (χ2n) is 5.10. The average Bonchev–Trinajstić information content (AvgIpc) is 2.29. The van der Waals surface area contributed by atoms with Gasteiger partial charge in [0.25, 0.3) is 0 Å². The molecule has 0 aromatic carbocycles. The molecule has 4 nitrogen and oxygen atoms in total. The Balaban J connectivity index is 4.81. The first-order valence-electron chi connectivity index (χ1n) is 7.09. The monoisotopic (exact) mass is 278 g/mol. The molecular formula is C13H30N2O2S. The first-order valence-corrected chi connectivity index (χ1v) is 8.70. The minimum Gasteiger partial charge on any atom is -0.316 e. The molecule has 0 aliphatic rings. The molecule has 0 rings (SSSR count). The summed E-state index contributed by atoms with van der Waals surface area (Å²) in [6.07, 6.45) is 1.76. The van der Waals surface area contributed by atoms with Gasteiger partial charge in [0.05, 0.1) is 5.75 Å². The van der Waals surface area contributed by atoms with Crippen molar-refractivity contribution in [1.29, 1.82) is 0 Å². The highest BCUT2D eigenvalue weighted by Gasteiger charge is 2.27. The zero-order valence-electron chi connectivity index (χ0n) is 12.6. The maximum absolute atomic E-state index is 12.4. The molecule has 0 amide bonds. The predicted octanol–water partition coefficient (Wildman–Crippen LogP) is 2.07. The molecule has 0 saturated carbocycles. The van der Waals surface area contributed by atoms with Crippen LogP contribution in [0.4, 0.5) is 0 Å². The van der Waals surface area contributed by atoms with Crippen molar-refractivity contribution < 1.29 is 8.42 Å². The van der Waals surface area contributed by atoms with Crippen LogP contribution in [0.15, 0.2) is 0 Å². The van der Waals surface area contributed by atoms with Crippen molar-refractivity contribution in [2.75, 3.05) is 25.4 Å². The van der Waals surface area contributed by atoms with Crippen LogP contribution in [0.2, 0.25) is 0 Å². The van der Waals surface area contributed by atoms with Gasteiger partial charge >= 0.3 is 0 Å². The first-order chi connectivity index (χ1) is 8.38. The van der Waals surface area contributed by atoms with Crippen molar-refractivity contribution in [3.8, 4) is 0 Å². The third-order valence-corrected chi connectivity index (χ3v) is 4.92. The molecule has 1 N–H and O–H groups in total. The summed E-state index contributed by atoms with van der Waals surface area (Å²) in [6.45, 7) is 12.2. The number of nitrogens with zero attached hydrogens (tertiary/aromatic N) is 1. The van der Waals surface area contributed by atoms with Crippen molar-refractivity contribution in [1.82, 2.24) is 9.62 Å². The van der Waals surface area contributed by atoms with E-state index < -0.39 is 10.0 Å². The third kappa shape index (κ3) is 6.16. The number of sulfonamides is 1. The van der Waals surface area contributed by atoms with Crippen LogP contribution < -0.4 is 5.32 Å². The molecule has 110 valence electrons. The van der Waals surface area contributed by atoms with Gasteiger partial charge in [0.1, 0.15) is 0 Å². The lowest BCUT2D eigenvalue weighted by Gasteiger charge is -2.31. The summed E-state index contributed by atoms with van der Waals surface area (Å²) in [5.41, 5.74) is 0. The van der Waals surface area contributed by atoms with E-state index in [9.17, 15) is 8.42 Å². The predicted molar refractivity (Wildman–Crippen MR) is 78.2 cm³/mol. The van der Waals surface area contributed by atoms with Gasteiger partial charge in [0.2, 0.25) is 10.0 Å². The Morgan fingerprint density at radius 1 is 1.11 bits per heavy atom. The quantitative estimate of drug-likeness (QED) is 0.622. The van der Waals surface area contributed by atoms with Crippen LogP contribution in [-0.4, -0.2) is 44.2 Å². The second-order valence-corrected chi connectivity index (χ2v) is 7.14. The van der Waals surface area contributed by atoms with Gasteiger partial charge in [-0.25, -0.2) is 8.42 Å². The SMILES string of the molecule is CCNCCS(=O)(=O)N(CC(C)C)C(CC)CC. The van der Waals surface area contributed by atoms with Crippen LogP contribution in [-0.2, 0) is 10.0 Å². The Labute approximate surface area is 113 Å². The summed E-state index contributed by atoms with van der Waals surface area (Å²) in [4.78, 5) is 0. The van der Waals surface area contributed by atoms with E-state index in [1.165, 1.54) is 0 Å². The van der Waals surface area contributed by atoms with Gasteiger partial charge < -0.3 is 5.32 Å². The molecule has 0 spiro atoms. The fourth-order valence-corrected chi connectivity index (χ4v) is 3.96. The summed E-state index contributed by atoms with van der Waals surface area (Å²) < 4.78 is 26.5. The van der Waals surface area contributed by atoms with Crippen molar-refractivity contribution >= 4 is 10.0 Å². The van der Waals surface area contributed by atoms with Crippen LogP contribution in [0.25, 0.3) is 0 Å². The lowest BCUT2D eigenvalue weighted by atomic mass is 10.1. The van der Waals surface area contributed by atoms with Crippen LogP contribution in [0.1, 0.15) is 47.5 Å². The highest BCUT2D eigenvalue weighted by atomic mass is 32.2. The molecule has 0 aliphatic heterocycles. The number of hydrogen-bond acceptors (Lipinski definition) is 3. The van der Waals surface area contributed by atoms with E-state index in [2.05, 4.69) is 33.0 Å². The third-order valence-electron chi connectivity index (χ3n) is 3.04. The van der Waals surface area contributed by atoms with Gasteiger partial charge in [-0.2, -0.15) is 4.31 Å². The van der Waals surface area contributed by atoms with Crippen molar-refractivity contribution in [3.05, 3.63) is 0 Å². The minimum atomic E-state index is -3.14. The van der Waals surface area contributed by atoms with Gasteiger partial charge in [-0.15, -0.1) is 0 Å². The lowest BCUT2D eigenvalue weighted by molar-refractivity contribution is 0.277. The van der Waals surface area contributed by atoms with E-state index in [1.54, 1.807) is 4.31 Å². The minimum absolute atomic E-state index is 0.138. The molecule has 0 aromatic heterocycles. The molecule has 0 radical (unpaired) electrons. The highest BCUT2D eigenvalue weighted by molar-refractivity contribution is 7.89. The molecule has 0 atom stereocenters. The molecule has 0 bridgehead atoms. The molecular weight excluding hydrogens is 248 g/mol. The average molecular weight is 278 g/mol. The maximum atomic E-state index is 12.4. The summed E-state index contributed by atoms with van der Waals surface area (Å²) >= 11 is 0. The summed E-state index contributed by atoms with van der Waals surface area (Å²) in [6, 6.07) is 0.138. The number of rotatable bonds is 10.